The molecule has 0 atom stereocenters. The Labute approximate surface area is 99.0 Å². The van der Waals surface area contributed by atoms with Crippen molar-refractivity contribution < 1.29 is 9.50 Å². The molecule has 0 bridgehead atoms. The van der Waals surface area contributed by atoms with E-state index in [1.54, 1.807) is 12.3 Å². The third-order valence-electron chi connectivity index (χ3n) is 2.36. The summed E-state index contributed by atoms with van der Waals surface area (Å²) in [7, 11) is 0. The van der Waals surface area contributed by atoms with E-state index in [9.17, 15) is 9.50 Å². The van der Waals surface area contributed by atoms with E-state index in [-0.39, 0.29) is 17.2 Å². The van der Waals surface area contributed by atoms with Crippen LogP contribution in [0.4, 0.5) is 4.39 Å². The number of rotatable bonds is 1. The van der Waals surface area contributed by atoms with Gasteiger partial charge < -0.3 is 10.1 Å². The molecule has 0 spiro atoms. The van der Waals surface area contributed by atoms with E-state index in [2.05, 4.69) is 9.98 Å². The Balaban J connectivity index is 2.56. The number of aromatic hydroxyl groups is 1. The Bertz CT molecular complexity index is 579. The average Bonchev–Trinajstić information content (AvgIpc) is 2.49. The van der Waals surface area contributed by atoms with Crippen LogP contribution in [0.25, 0.3) is 10.9 Å². The van der Waals surface area contributed by atoms with Crippen LogP contribution in [-0.2, 0) is 0 Å². The summed E-state index contributed by atoms with van der Waals surface area (Å²) in [6, 6.07) is 4.33. The topological polar surface area (TPSA) is 48.4 Å². The lowest BCUT2D eigenvalue weighted by Gasteiger charge is -2.10. The molecule has 1 aromatic heterocycles. The van der Waals surface area contributed by atoms with Crippen molar-refractivity contribution in [2.24, 2.45) is 4.99 Å². The molecule has 3 nitrogen and oxygen atoms in total. The first-order chi connectivity index (χ1) is 7.87. The van der Waals surface area contributed by atoms with E-state index in [0.717, 1.165) is 0 Å². The van der Waals surface area contributed by atoms with Gasteiger partial charge in [-0.3, -0.25) is 4.99 Å². The summed E-state index contributed by atoms with van der Waals surface area (Å²) < 4.78 is 13.2. The van der Waals surface area contributed by atoms with E-state index in [4.69, 9.17) is 0 Å². The summed E-state index contributed by atoms with van der Waals surface area (Å²) in [4.78, 5) is 7.10. The van der Waals surface area contributed by atoms with Crippen LogP contribution < -0.4 is 0 Å². The van der Waals surface area contributed by atoms with Crippen LogP contribution >= 0.6 is 0 Å². The van der Waals surface area contributed by atoms with Gasteiger partial charge >= 0.3 is 0 Å². The third kappa shape index (κ3) is 2.46. The van der Waals surface area contributed by atoms with E-state index in [1.165, 1.54) is 12.1 Å². The highest BCUT2D eigenvalue weighted by Crippen LogP contribution is 2.26. The summed E-state index contributed by atoms with van der Waals surface area (Å²) in [5.74, 6) is -0.319. The molecule has 0 aliphatic carbocycles. The Morgan fingerprint density at radius 2 is 2.06 bits per heavy atom. The zero-order chi connectivity index (χ0) is 12.6. The average molecular weight is 234 g/mol. The summed E-state index contributed by atoms with van der Waals surface area (Å²) in [6.45, 7) is 5.86. The minimum atomic E-state index is -0.332. The van der Waals surface area contributed by atoms with Gasteiger partial charge in [-0.05, 0) is 39.0 Å². The molecule has 2 aromatic rings. The number of fused-ring (bicyclic) bond motifs is 1. The van der Waals surface area contributed by atoms with E-state index in [1.807, 2.05) is 20.8 Å². The van der Waals surface area contributed by atoms with Crippen molar-refractivity contribution in [3.63, 3.8) is 0 Å². The summed E-state index contributed by atoms with van der Waals surface area (Å²) in [5.41, 5.74) is 0.984. The number of nitrogens with zero attached hydrogens (tertiary/aromatic N) is 1. The first-order valence-electron chi connectivity index (χ1n) is 5.42. The van der Waals surface area contributed by atoms with Crippen LogP contribution in [0.5, 0.6) is 5.88 Å². The molecule has 4 heteroatoms. The van der Waals surface area contributed by atoms with E-state index in [0.29, 0.717) is 16.5 Å². The molecule has 0 unspecified atom stereocenters. The number of hydrogen-bond donors (Lipinski definition) is 2. The SMILES string of the molecule is CC(C)(C)N=Cc1c(O)[nH]c2ccc(F)cc12. The lowest BCUT2D eigenvalue weighted by molar-refractivity contribution is 0.457. The van der Waals surface area contributed by atoms with Gasteiger partial charge in [0, 0.05) is 17.1 Å². The van der Waals surface area contributed by atoms with Gasteiger partial charge in [0.25, 0.3) is 0 Å². The zero-order valence-electron chi connectivity index (χ0n) is 10.1. The van der Waals surface area contributed by atoms with Gasteiger partial charge in [-0.2, -0.15) is 0 Å². The van der Waals surface area contributed by atoms with Gasteiger partial charge in [0.05, 0.1) is 11.1 Å². The quantitative estimate of drug-likeness (QED) is 0.731. The number of aliphatic imine (C=N–C) groups is 1. The fraction of sp³-hybridized carbons (Fsp3) is 0.308. The van der Waals surface area contributed by atoms with Crippen LogP contribution in [0.3, 0.4) is 0 Å². The molecule has 1 aromatic carbocycles. The minimum absolute atomic E-state index is 0.0126. The molecule has 2 rings (SSSR count). The van der Waals surface area contributed by atoms with Gasteiger partial charge in [-0.1, -0.05) is 0 Å². The molecule has 17 heavy (non-hydrogen) atoms. The molecule has 90 valence electrons. The number of H-pyrrole nitrogens is 1. The first-order valence-corrected chi connectivity index (χ1v) is 5.42. The molecule has 0 radical (unpaired) electrons. The number of halogens is 1. The Hall–Kier alpha value is -1.84. The van der Waals surface area contributed by atoms with E-state index >= 15 is 0 Å². The maximum Gasteiger partial charge on any atom is 0.198 e. The fourth-order valence-corrected chi connectivity index (χ4v) is 1.56. The highest BCUT2D eigenvalue weighted by atomic mass is 19.1. The van der Waals surface area contributed by atoms with Gasteiger partial charge in [0.15, 0.2) is 5.88 Å². The lowest BCUT2D eigenvalue weighted by Crippen LogP contribution is -2.09. The Morgan fingerprint density at radius 3 is 2.71 bits per heavy atom. The van der Waals surface area contributed by atoms with Crippen LogP contribution in [0.2, 0.25) is 0 Å². The van der Waals surface area contributed by atoms with Crippen molar-refractivity contribution in [3.05, 3.63) is 29.6 Å². The van der Waals surface area contributed by atoms with Crippen molar-refractivity contribution in [1.29, 1.82) is 0 Å². The molecular weight excluding hydrogens is 219 g/mol. The molecule has 2 N–H and O–H groups in total. The van der Waals surface area contributed by atoms with E-state index < -0.39 is 0 Å². The smallest absolute Gasteiger partial charge is 0.198 e. The highest BCUT2D eigenvalue weighted by molar-refractivity contribution is 6.02. The standard InChI is InChI=1S/C13H15FN2O/c1-13(2,3)15-7-10-9-6-8(14)4-5-11(9)16-12(10)17/h4-7,16-17H,1-3H3. The zero-order valence-corrected chi connectivity index (χ0v) is 10.1. The van der Waals surface area contributed by atoms with Crippen molar-refractivity contribution in [1.82, 2.24) is 4.98 Å². The number of aromatic nitrogens is 1. The minimum Gasteiger partial charge on any atom is -0.494 e. The number of aromatic amines is 1. The van der Waals surface area contributed by atoms with Gasteiger partial charge in [0.2, 0.25) is 0 Å². The van der Waals surface area contributed by atoms with Gasteiger partial charge in [-0.25, -0.2) is 4.39 Å². The maximum atomic E-state index is 13.2. The molecule has 0 fully saturated rings. The predicted octanol–water partition coefficient (Wildman–Crippen LogP) is 3.23. The van der Waals surface area contributed by atoms with Gasteiger partial charge in [-0.15, -0.1) is 0 Å². The van der Waals surface area contributed by atoms with Crippen LogP contribution in [0, 0.1) is 5.82 Å². The lowest BCUT2D eigenvalue weighted by atomic mass is 10.1. The first kappa shape index (κ1) is 11.6. The van der Waals surface area contributed by atoms with Crippen LogP contribution in [0.15, 0.2) is 23.2 Å². The number of benzene rings is 1. The summed E-state index contributed by atoms with van der Waals surface area (Å²) in [6.07, 6.45) is 1.58. The molecule has 0 aliphatic rings. The molecule has 0 amide bonds. The highest BCUT2D eigenvalue weighted by Gasteiger charge is 2.11. The molecule has 0 aliphatic heterocycles. The van der Waals surface area contributed by atoms with Crippen LogP contribution in [0.1, 0.15) is 26.3 Å². The second kappa shape index (κ2) is 3.87. The third-order valence-corrected chi connectivity index (χ3v) is 2.36. The molecule has 0 saturated heterocycles. The normalized spacial score (nSPS) is 12.7. The van der Waals surface area contributed by atoms with Crippen LogP contribution in [-0.4, -0.2) is 21.8 Å². The van der Waals surface area contributed by atoms with Crippen molar-refractivity contribution >= 4 is 17.1 Å². The van der Waals surface area contributed by atoms with Gasteiger partial charge in [0.1, 0.15) is 5.82 Å². The Morgan fingerprint density at radius 1 is 1.35 bits per heavy atom. The second-order valence-corrected chi connectivity index (χ2v) is 5.01. The van der Waals surface area contributed by atoms with Crippen molar-refractivity contribution in [2.45, 2.75) is 26.3 Å². The van der Waals surface area contributed by atoms with Crippen molar-refractivity contribution in [3.8, 4) is 5.88 Å². The number of hydrogen-bond acceptors (Lipinski definition) is 2. The Kier molecular flexibility index (Phi) is 2.65. The predicted molar refractivity (Wildman–Crippen MR) is 67.3 cm³/mol. The monoisotopic (exact) mass is 234 g/mol. The molecule has 1 heterocycles. The second-order valence-electron chi connectivity index (χ2n) is 5.01. The summed E-state index contributed by atoms with van der Waals surface area (Å²) >= 11 is 0. The number of nitrogens with one attached hydrogen (secondary N) is 1. The summed E-state index contributed by atoms with van der Waals surface area (Å²) in [5, 5.41) is 10.4. The fourth-order valence-electron chi connectivity index (χ4n) is 1.56. The van der Waals surface area contributed by atoms with Crippen molar-refractivity contribution in [2.75, 3.05) is 0 Å². The molecule has 0 saturated carbocycles. The maximum absolute atomic E-state index is 13.2. The molecular formula is C13H15FN2O. The largest absolute Gasteiger partial charge is 0.494 e.